The third kappa shape index (κ3) is 2.43. The van der Waals surface area contributed by atoms with Crippen LogP contribution in [-0.4, -0.2) is 18.2 Å². The van der Waals surface area contributed by atoms with Gasteiger partial charge in [0.2, 0.25) is 0 Å². The van der Waals surface area contributed by atoms with Gasteiger partial charge in [0.05, 0.1) is 5.69 Å². The van der Waals surface area contributed by atoms with Crippen molar-refractivity contribution in [2.75, 3.05) is 7.05 Å². The fourth-order valence-electron chi connectivity index (χ4n) is 2.46. The predicted molar refractivity (Wildman–Crippen MR) is 83.9 cm³/mol. The first-order chi connectivity index (χ1) is 9.22. The maximum absolute atomic E-state index is 4.65. The predicted octanol–water partition coefficient (Wildman–Crippen LogP) is 4.21. The van der Waals surface area contributed by atoms with Gasteiger partial charge in [0.1, 0.15) is 0 Å². The first-order valence-electron chi connectivity index (χ1n) is 6.69. The van der Waals surface area contributed by atoms with Crippen molar-refractivity contribution in [2.45, 2.75) is 27.2 Å². The molecule has 0 atom stereocenters. The van der Waals surface area contributed by atoms with E-state index < -0.39 is 0 Å². The van der Waals surface area contributed by atoms with Gasteiger partial charge in [-0.25, -0.2) is 0 Å². The van der Waals surface area contributed by atoms with E-state index in [4.69, 9.17) is 0 Å². The van der Waals surface area contributed by atoms with Crippen LogP contribution in [0.1, 0.15) is 30.7 Å². The van der Waals surface area contributed by atoms with Gasteiger partial charge in [0.15, 0.2) is 0 Å². The van der Waals surface area contributed by atoms with Gasteiger partial charge in [-0.3, -0.25) is 9.98 Å². The van der Waals surface area contributed by atoms with E-state index in [-0.39, 0.29) is 0 Å². The Morgan fingerprint density at radius 2 is 2.11 bits per heavy atom. The lowest BCUT2D eigenvalue weighted by Gasteiger charge is -2.11. The number of aliphatic imine (C=N–C) groups is 1. The van der Waals surface area contributed by atoms with Crippen LogP contribution in [0.3, 0.4) is 0 Å². The Hall–Kier alpha value is -1.96. The van der Waals surface area contributed by atoms with E-state index in [2.05, 4.69) is 48.1 Å². The molecule has 0 unspecified atom stereocenters. The maximum Gasteiger partial charge on any atom is 0.0749 e. The van der Waals surface area contributed by atoms with Crippen molar-refractivity contribution >= 4 is 22.6 Å². The summed E-state index contributed by atoms with van der Waals surface area (Å²) in [6.45, 7) is 6.33. The van der Waals surface area contributed by atoms with Gasteiger partial charge >= 0.3 is 0 Å². The summed E-state index contributed by atoms with van der Waals surface area (Å²) < 4.78 is 0. The lowest BCUT2D eigenvalue weighted by atomic mass is 9.98. The summed E-state index contributed by atoms with van der Waals surface area (Å²) in [5, 5.41) is 2.54. The number of allylic oxidation sites excluding steroid dienone is 2. The molecule has 0 aliphatic heterocycles. The minimum absolute atomic E-state index is 1.02. The normalized spacial score (nSPS) is 12.5. The topological polar surface area (TPSA) is 25.2 Å². The minimum Gasteiger partial charge on any atom is -0.296 e. The van der Waals surface area contributed by atoms with Gasteiger partial charge in [-0.1, -0.05) is 31.2 Å². The second kappa shape index (κ2) is 5.79. The molecule has 0 fully saturated rings. The molecular formula is C17H20N2. The van der Waals surface area contributed by atoms with Crippen molar-refractivity contribution in [1.82, 2.24) is 4.98 Å². The molecule has 0 aliphatic carbocycles. The Kier molecular flexibility index (Phi) is 4.10. The standard InChI is InChI=1S/C17H20N2/c1-5-13-8-7-9-15-12(3)17(19-11-16(13)15)14(6-2)10-18-4/h6-11H,5H2,1-4H3/b14-6+,18-10?. The van der Waals surface area contributed by atoms with E-state index in [0.29, 0.717) is 0 Å². The van der Waals surface area contributed by atoms with E-state index in [9.17, 15) is 0 Å². The van der Waals surface area contributed by atoms with E-state index in [1.807, 2.05) is 19.3 Å². The van der Waals surface area contributed by atoms with Gasteiger partial charge < -0.3 is 0 Å². The lowest BCUT2D eigenvalue weighted by Crippen LogP contribution is -1.97. The summed E-state index contributed by atoms with van der Waals surface area (Å²) in [4.78, 5) is 8.75. The van der Waals surface area contributed by atoms with Crippen LogP contribution in [0.5, 0.6) is 0 Å². The van der Waals surface area contributed by atoms with Crippen molar-refractivity contribution < 1.29 is 0 Å². The maximum atomic E-state index is 4.65. The molecule has 1 aromatic heterocycles. The molecule has 2 rings (SSSR count). The Bertz CT molecular complexity index is 652. The summed E-state index contributed by atoms with van der Waals surface area (Å²) >= 11 is 0. The van der Waals surface area contributed by atoms with Gasteiger partial charge in [-0.15, -0.1) is 0 Å². The highest BCUT2D eigenvalue weighted by Gasteiger charge is 2.09. The smallest absolute Gasteiger partial charge is 0.0749 e. The number of benzene rings is 1. The van der Waals surface area contributed by atoms with Crippen LogP contribution in [-0.2, 0) is 6.42 Å². The SMILES string of the molecule is C/C=C(\C=NC)c1ncc2c(CC)cccc2c1C. The van der Waals surface area contributed by atoms with E-state index in [1.54, 1.807) is 7.05 Å². The number of aromatic nitrogens is 1. The fraction of sp³-hybridized carbons (Fsp3) is 0.294. The number of pyridine rings is 1. The highest BCUT2D eigenvalue weighted by atomic mass is 14.7. The van der Waals surface area contributed by atoms with Crippen molar-refractivity contribution in [1.29, 1.82) is 0 Å². The van der Waals surface area contributed by atoms with Crippen LogP contribution in [0.4, 0.5) is 0 Å². The Balaban J connectivity index is 2.71. The molecule has 1 heterocycles. The Morgan fingerprint density at radius 1 is 1.32 bits per heavy atom. The average Bonchev–Trinajstić information content (AvgIpc) is 2.45. The third-order valence-electron chi connectivity index (χ3n) is 3.51. The first-order valence-corrected chi connectivity index (χ1v) is 6.69. The second-order valence-corrected chi connectivity index (χ2v) is 4.60. The summed E-state index contributed by atoms with van der Waals surface area (Å²) in [6, 6.07) is 6.47. The summed E-state index contributed by atoms with van der Waals surface area (Å²) in [5.74, 6) is 0. The highest BCUT2D eigenvalue weighted by molar-refractivity contribution is 6.10. The number of nitrogens with zero attached hydrogens (tertiary/aromatic N) is 2. The van der Waals surface area contributed by atoms with Gasteiger partial charge in [-0.05, 0) is 36.8 Å². The zero-order valence-electron chi connectivity index (χ0n) is 12.1. The zero-order chi connectivity index (χ0) is 13.8. The Morgan fingerprint density at radius 3 is 2.74 bits per heavy atom. The number of fused-ring (bicyclic) bond motifs is 1. The molecule has 98 valence electrons. The zero-order valence-corrected chi connectivity index (χ0v) is 12.1. The van der Waals surface area contributed by atoms with Crippen molar-refractivity contribution in [3.05, 3.63) is 47.3 Å². The summed E-state index contributed by atoms with van der Waals surface area (Å²) in [6.07, 6.45) is 6.94. The molecule has 2 heteroatoms. The van der Waals surface area contributed by atoms with E-state index >= 15 is 0 Å². The molecule has 0 aliphatic rings. The molecular weight excluding hydrogens is 232 g/mol. The minimum atomic E-state index is 1.02. The second-order valence-electron chi connectivity index (χ2n) is 4.60. The number of rotatable bonds is 3. The van der Waals surface area contributed by atoms with Crippen LogP contribution in [0.2, 0.25) is 0 Å². The van der Waals surface area contributed by atoms with Crippen molar-refractivity contribution in [3.63, 3.8) is 0 Å². The third-order valence-corrected chi connectivity index (χ3v) is 3.51. The molecule has 0 bridgehead atoms. The van der Waals surface area contributed by atoms with Crippen LogP contribution < -0.4 is 0 Å². The molecule has 1 aromatic carbocycles. The quantitative estimate of drug-likeness (QED) is 0.751. The molecule has 0 saturated heterocycles. The van der Waals surface area contributed by atoms with E-state index in [0.717, 1.165) is 17.7 Å². The number of hydrogen-bond donors (Lipinski definition) is 0. The van der Waals surface area contributed by atoms with Gasteiger partial charge in [0.25, 0.3) is 0 Å². The number of aryl methyl sites for hydroxylation is 2. The summed E-state index contributed by atoms with van der Waals surface area (Å²) in [5.41, 5.74) is 4.67. The summed E-state index contributed by atoms with van der Waals surface area (Å²) in [7, 11) is 1.79. The van der Waals surface area contributed by atoms with Crippen molar-refractivity contribution in [3.8, 4) is 0 Å². The van der Waals surface area contributed by atoms with Gasteiger partial charge in [0, 0.05) is 30.4 Å². The lowest BCUT2D eigenvalue weighted by molar-refractivity contribution is 1.15. The van der Waals surface area contributed by atoms with Crippen LogP contribution >= 0.6 is 0 Å². The monoisotopic (exact) mass is 252 g/mol. The highest BCUT2D eigenvalue weighted by Crippen LogP contribution is 2.26. The van der Waals surface area contributed by atoms with Crippen LogP contribution in [0, 0.1) is 6.92 Å². The Labute approximate surface area is 114 Å². The van der Waals surface area contributed by atoms with Crippen LogP contribution in [0.25, 0.3) is 16.3 Å². The molecule has 2 nitrogen and oxygen atoms in total. The first kappa shape index (κ1) is 13.5. The molecule has 2 aromatic rings. The van der Waals surface area contributed by atoms with Crippen molar-refractivity contribution in [2.24, 2.45) is 4.99 Å². The van der Waals surface area contributed by atoms with E-state index in [1.165, 1.54) is 21.9 Å². The fourth-order valence-corrected chi connectivity index (χ4v) is 2.46. The largest absolute Gasteiger partial charge is 0.296 e. The molecule has 19 heavy (non-hydrogen) atoms. The molecule has 0 spiro atoms. The molecule has 0 radical (unpaired) electrons. The molecule has 0 N–H and O–H groups in total. The van der Waals surface area contributed by atoms with Gasteiger partial charge in [-0.2, -0.15) is 0 Å². The average molecular weight is 252 g/mol. The molecule has 0 amide bonds. The van der Waals surface area contributed by atoms with Crippen LogP contribution in [0.15, 0.2) is 35.5 Å². The number of hydrogen-bond acceptors (Lipinski definition) is 2. The molecule has 0 saturated carbocycles.